The van der Waals surface area contributed by atoms with Crippen LogP contribution in [0.25, 0.3) is 0 Å². The van der Waals surface area contributed by atoms with E-state index in [9.17, 15) is 26.7 Å². The topological polar surface area (TPSA) is 29.1 Å². The van der Waals surface area contributed by atoms with Gasteiger partial charge in [0.1, 0.15) is 0 Å². The van der Waals surface area contributed by atoms with Crippen LogP contribution in [0.1, 0.15) is 25.5 Å². The van der Waals surface area contributed by atoms with Gasteiger partial charge in [-0.2, -0.15) is 0 Å². The molecule has 1 amide bonds. The number of rotatable bonds is 2. The summed E-state index contributed by atoms with van der Waals surface area (Å²) in [5.41, 5.74) is -1.06. The second kappa shape index (κ2) is 4.68. The van der Waals surface area contributed by atoms with Crippen LogP contribution in [0.2, 0.25) is 0 Å². The van der Waals surface area contributed by atoms with E-state index in [1.165, 1.54) is 0 Å². The van der Waals surface area contributed by atoms with Crippen LogP contribution in [0, 0.1) is 29.1 Å². The van der Waals surface area contributed by atoms with Crippen LogP contribution in [-0.2, 0) is 4.79 Å². The van der Waals surface area contributed by atoms with E-state index >= 15 is 0 Å². The highest BCUT2D eigenvalue weighted by atomic mass is 19.2. The smallest absolute Gasteiger partial charge is 0.217 e. The number of carbonyl (C=O) groups excluding carboxylic acids is 1. The lowest BCUT2D eigenvalue weighted by Crippen LogP contribution is -2.26. The molecular weight excluding hydrogens is 245 g/mol. The predicted octanol–water partition coefficient (Wildman–Crippen LogP) is 2.58. The first kappa shape index (κ1) is 13.4. The van der Waals surface area contributed by atoms with Gasteiger partial charge in [0.05, 0.1) is 11.6 Å². The van der Waals surface area contributed by atoms with Crippen LogP contribution in [0.4, 0.5) is 22.0 Å². The first-order valence-corrected chi connectivity index (χ1v) is 4.55. The summed E-state index contributed by atoms with van der Waals surface area (Å²) in [5, 5.41) is 2.04. The molecule has 0 aliphatic rings. The minimum absolute atomic E-state index is 0.651. The molecule has 1 rings (SSSR count). The predicted molar refractivity (Wildman–Crippen MR) is 48.5 cm³/mol. The molecule has 7 heteroatoms. The van der Waals surface area contributed by atoms with Crippen molar-refractivity contribution in [1.29, 1.82) is 0 Å². The summed E-state index contributed by atoms with van der Waals surface area (Å²) in [6, 6.07) is -1.32. The minimum atomic E-state index is -2.22. The number of hydrogen-bond acceptors (Lipinski definition) is 1. The molecule has 0 spiro atoms. The van der Waals surface area contributed by atoms with Crippen molar-refractivity contribution < 1.29 is 26.7 Å². The van der Waals surface area contributed by atoms with Gasteiger partial charge in [0.2, 0.25) is 11.7 Å². The van der Waals surface area contributed by atoms with Gasteiger partial charge in [-0.1, -0.05) is 0 Å². The molecule has 0 saturated carbocycles. The number of nitrogens with one attached hydrogen (secondary N) is 1. The molecule has 0 aliphatic carbocycles. The van der Waals surface area contributed by atoms with E-state index in [0.717, 1.165) is 13.8 Å². The van der Waals surface area contributed by atoms with Gasteiger partial charge < -0.3 is 5.32 Å². The highest BCUT2D eigenvalue weighted by molar-refractivity contribution is 5.73. The number of carbonyl (C=O) groups is 1. The Balaban J connectivity index is 3.38. The van der Waals surface area contributed by atoms with Crippen LogP contribution in [0.5, 0.6) is 0 Å². The van der Waals surface area contributed by atoms with Crippen molar-refractivity contribution in [3.8, 4) is 0 Å². The van der Waals surface area contributed by atoms with Crippen molar-refractivity contribution in [3.05, 3.63) is 34.6 Å². The fraction of sp³-hybridized carbons (Fsp3) is 0.300. The van der Waals surface area contributed by atoms with Gasteiger partial charge in [0, 0.05) is 6.92 Å². The van der Waals surface area contributed by atoms with Crippen LogP contribution in [0.3, 0.4) is 0 Å². The van der Waals surface area contributed by atoms with E-state index in [2.05, 4.69) is 0 Å². The third-order valence-corrected chi connectivity index (χ3v) is 2.10. The highest BCUT2D eigenvalue weighted by Crippen LogP contribution is 2.27. The molecule has 94 valence electrons. The monoisotopic (exact) mass is 253 g/mol. The molecule has 0 bridgehead atoms. The standard InChI is InChI=1S/C10H8F5NO/c1-3(16-4(2)17)5-6(11)8(13)10(15)9(14)7(5)12/h3H,1-2H3,(H,16,17)/t3-/m1/s1. The van der Waals surface area contributed by atoms with Gasteiger partial charge in [-0.05, 0) is 6.92 Å². The zero-order valence-corrected chi connectivity index (χ0v) is 8.88. The van der Waals surface area contributed by atoms with E-state index in [-0.39, 0.29) is 0 Å². The average Bonchev–Trinajstić information content (AvgIpc) is 2.23. The van der Waals surface area contributed by atoms with Crippen LogP contribution >= 0.6 is 0 Å². The molecule has 0 saturated heterocycles. The molecule has 0 heterocycles. The largest absolute Gasteiger partial charge is 0.350 e. The molecule has 2 nitrogen and oxygen atoms in total. The Labute approximate surface area is 93.4 Å². The van der Waals surface area contributed by atoms with Gasteiger partial charge in [-0.15, -0.1) is 0 Å². The molecule has 1 N–H and O–H groups in total. The Hall–Kier alpha value is -1.66. The Bertz CT molecular complexity index is 445. The normalized spacial score (nSPS) is 12.4. The molecule has 1 atom stereocenters. The molecule has 0 radical (unpaired) electrons. The van der Waals surface area contributed by atoms with Crippen molar-refractivity contribution in [2.75, 3.05) is 0 Å². The third-order valence-electron chi connectivity index (χ3n) is 2.10. The molecule has 1 aromatic carbocycles. The van der Waals surface area contributed by atoms with Gasteiger partial charge in [-0.25, -0.2) is 22.0 Å². The molecule has 0 aliphatic heterocycles. The number of hydrogen-bond donors (Lipinski definition) is 1. The van der Waals surface area contributed by atoms with Crippen molar-refractivity contribution >= 4 is 5.91 Å². The Morgan fingerprint density at radius 3 is 1.65 bits per heavy atom. The summed E-state index contributed by atoms with van der Waals surface area (Å²) < 4.78 is 64.8. The fourth-order valence-corrected chi connectivity index (χ4v) is 1.38. The van der Waals surface area contributed by atoms with E-state index in [1.807, 2.05) is 5.32 Å². The molecule has 0 fully saturated rings. The first-order chi connectivity index (χ1) is 7.77. The van der Waals surface area contributed by atoms with Crippen molar-refractivity contribution in [2.45, 2.75) is 19.9 Å². The maximum Gasteiger partial charge on any atom is 0.217 e. The van der Waals surface area contributed by atoms with E-state index < -0.39 is 46.6 Å². The van der Waals surface area contributed by atoms with E-state index in [4.69, 9.17) is 0 Å². The summed E-state index contributed by atoms with van der Waals surface area (Å²) in [6.07, 6.45) is 0. The third kappa shape index (κ3) is 2.37. The van der Waals surface area contributed by atoms with Crippen molar-refractivity contribution in [1.82, 2.24) is 5.32 Å². The lowest BCUT2D eigenvalue weighted by Gasteiger charge is -2.15. The summed E-state index contributed by atoms with van der Waals surface area (Å²) in [5.74, 6) is -10.8. The summed E-state index contributed by atoms with van der Waals surface area (Å²) >= 11 is 0. The van der Waals surface area contributed by atoms with Crippen LogP contribution in [-0.4, -0.2) is 5.91 Å². The Kier molecular flexibility index (Phi) is 3.69. The Morgan fingerprint density at radius 1 is 0.941 bits per heavy atom. The lowest BCUT2D eigenvalue weighted by molar-refractivity contribution is -0.119. The van der Waals surface area contributed by atoms with E-state index in [1.54, 1.807) is 0 Å². The number of halogens is 5. The molecule has 0 unspecified atom stereocenters. The molecule has 17 heavy (non-hydrogen) atoms. The van der Waals surface area contributed by atoms with Gasteiger partial charge in [-0.3, -0.25) is 4.79 Å². The fourth-order valence-electron chi connectivity index (χ4n) is 1.38. The number of benzene rings is 1. The first-order valence-electron chi connectivity index (χ1n) is 4.55. The summed E-state index contributed by atoms with van der Waals surface area (Å²) in [4.78, 5) is 10.7. The zero-order chi connectivity index (χ0) is 13.3. The zero-order valence-electron chi connectivity index (χ0n) is 8.88. The second-order valence-corrected chi connectivity index (χ2v) is 3.41. The molecule has 0 aromatic heterocycles. The van der Waals surface area contributed by atoms with Crippen molar-refractivity contribution in [2.24, 2.45) is 0 Å². The Morgan fingerprint density at radius 2 is 1.29 bits per heavy atom. The molecular formula is C10H8F5NO. The van der Waals surface area contributed by atoms with Gasteiger partial charge >= 0.3 is 0 Å². The van der Waals surface area contributed by atoms with Gasteiger partial charge in [0.25, 0.3) is 0 Å². The SMILES string of the molecule is CC(=O)N[C@H](C)c1c(F)c(F)c(F)c(F)c1F. The maximum atomic E-state index is 13.2. The van der Waals surface area contributed by atoms with Crippen LogP contribution < -0.4 is 5.32 Å². The average molecular weight is 253 g/mol. The van der Waals surface area contributed by atoms with Gasteiger partial charge in [0.15, 0.2) is 23.3 Å². The summed E-state index contributed by atoms with van der Waals surface area (Å²) in [7, 11) is 0. The van der Waals surface area contributed by atoms with Crippen molar-refractivity contribution in [3.63, 3.8) is 0 Å². The molecule has 1 aromatic rings. The lowest BCUT2D eigenvalue weighted by atomic mass is 10.1. The summed E-state index contributed by atoms with van der Waals surface area (Å²) in [6.45, 7) is 2.17. The van der Waals surface area contributed by atoms with E-state index in [0.29, 0.717) is 0 Å². The highest BCUT2D eigenvalue weighted by Gasteiger charge is 2.28. The number of amides is 1. The van der Waals surface area contributed by atoms with Crippen LogP contribution in [0.15, 0.2) is 0 Å². The quantitative estimate of drug-likeness (QED) is 0.490. The maximum absolute atomic E-state index is 13.2. The minimum Gasteiger partial charge on any atom is -0.350 e. The second-order valence-electron chi connectivity index (χ2n) is 3.41.